The molecule has 1 aromatic rings. The van der Waals surface area contributed by atoms with Gasteiger partial charge in [0.15, 0.2) is 0 Å². The summed E-state index contributed by atoms with van der Waals surface area (Å²) in [6.45, 7) is 8.55. The largest absolute Gasteiger partial charge is 0.494 e. The molecule has 0 unspecified atom stereocenters. The lowest BCUT2D eigenvalue weighted by molar-refractivity contribution is 0.0696. The quantitative estimate of drug-likeness (QED) is 0.854. The van der Waals surface area contributed by atoms with E-state index >= 15 is 0 Å². The van der Waals surface area contributed by atoms with E-state index in [1.807, 2.05) is 33.8 Å². The Hall–Kier alpha value is -1.51. The first-order valence-corrected chi connectivity index (χ1v) is 5.36. The number of carbonyl (C=O) groups is 1. The summed E-state index contributed by atoms with van der Waals surface area (Å²) in [6.07, 6.45) is 0. The summed E-state index contributed by atoms with van der Waals surface area (Å²) < 4.78 is 5.37. The molecule has 0 atom stereocenters. The first kappa shape index (κ1) is 12.6. The molecular formula is C13H18O3. The van der Waals surface area contributed by atoms with Gasteiger partial charge in [0.05, 0.1) is 12.2 Å². The second-order valence-corrected chi connectivity index (χ2v) is 4.73. The van der Waals surface area contributed by atoms with E-state index in [1.54, 1.807) is 12.1 Å². The number of hydrogen-bond donors (Lipinski definition) is 1. The fourth-order valence-electron chi connectivity index (χ4n) is 1.41. The molecule has 3 nitrogen and oxygen atoms in total. The smallest absolute Gasteiger partial charge is 0.335 e. The van der Waals surface area contributed by atoms with Crippen molar-refractivity contribution in [3.63, 3.8) is 0 Å². The highest BCUT2D eigenvalue weighted by Gasteiger charge is 2.17. The van der Waals surface area contributed by atoms with Crippen molar-refractivity contribution in [1.29, 1.82) is 0 Å². The van der Waals surface area contributed by atoms with E-state index in [0.29, 0.717) is 12.4 Å². The Morgan fingerprint density at radius 2 is 1.94 bits per heavy atom. The van der Waals surface area contributed by atoms with Gasteiger partial charge in [0, 0.05) is 0 Å². The molecule has 88 valence electrons. The Morgan fingerprint density at radius 3 is 2.38 bits per heavy atom. The molecule has 0 bridgehead atoms. The van der Waals surface area contributed by atoms with Gasteiger partial charge in [-0.3, -0.25) is 0 Å². The number of rotatable bonds is 3. The minimum Gasteiger partial charge on any atom is -0.494 e. The molecule has 0 aliphatic rings. The van der Waals surface area contributed by atoms with Crippen molar-refractivity contribution in [2.75, 3.05) is 6.61 Å². The van der Waals surface area contributed by atoms with Crippen molar-refractivity contribution in [2.45, 2.75) is 33.1 Å². The molecule has 16 heavy (non-hydrogen) atoms. The van der Waals surface area contributed by atoms with Crippen LogP contribution in [0.5, 0.6) is 5.75 Å². The van der Waals surface area contributed by atoms with E-state index in [-0.39, 0.29) is 11.0 Å². The first-order chi connectivity index (χ1) is 7.34. The number of benzene rings is 1. The van der Waals surface area contributed by atoms with Crippen molar-refractivity contribution < 1.29 is 14.6 Å². The highest BCUT2D eigenvalue weighted by molar-refractivity contribution is 5.88. The molecule has 0 aliphatic carbocycles. The summed E-state index contributed by atoms with van der Waals surface area (Å²) in [6, 6.07) is 5.15. The minimum atomic E-state index is -0.924. The van der Waals surface area contributed by atoms with Gasteiger partial charge in [-0.15, -0.1) is 0 Å². The van der Waals surface area contributed by atoms with Crippen LogP contribution >= 0.6 is 0 Å². The van der Waals surface area contributed by atoms with Crippen molar-refractivity contribution in [3.8, 4) is 5.75 Å². The summed E-state index contributed by atoms with van der Waals surface area (Å²) in [4.78, 5) is 11.0. The van der Waals surface area contributed by atoms with Crippen LogP contribution in [-0.4, -0.2) is 17.7 Å². The number of ether oxygens (including phenoxy) is 1. The molecule has 1 rings (SSSR count). The molecule has 0 saturated heterocycles. The zero-order chi connectivity index (χ0) is 12.3. The molecule has 3 heteroatoms. The highest BCUT2D eigenvalue weighted by Crippen LogP contribution is 2.27. The predicted molar refractivity (Wildman–Crippen MR) is 63.3 cm³/mol. The van der Waals surface area contributed by atoms with Gasteiger partial charge >= 0.3 is 5.97 Å². The molecule has 0 radical (unpaired) electrons. The third kappa shape index (κ3) is 2.99. The first-order valence-electron chi connectivity index (χ1n) is 5.36. The van der Waals surface area contributed by atoms with Crippen LogP contribution in [0.2, 0.25) is 0 Å². The Balaban J connectivity index is 3.24. The molecule has 0 aliphatic heterocycles. The average molecular weight is 222 g/mol. The third-order valence-electron chi connectivity index (χ3n) is 2.33. The van der Waals surface area contributed by atoms with Crippen molar-refractivity contribution in [2.24, 2.45) is 0 Å². The molecule has 0 spiro atoms. The van der Waals surface area contributed by atoms with Crippen LogP contribution in [0.25, 0.3) is 0 Å². The monoisotopic (exact) mass is 222 g/mol. The van der Waals surface area contributed by atoms with Crippen LogP contribution in [0.4, 0.5) is 0 Å². The summed E-state index contributed by atoms with van der Waals surface area (Å²) in [5.74, 6) is -0.306. The normalized spacial score (nSPS) is 11.2. The van der Waals surface area contributed by atoms with E-state index in [9.17, 15) is 4.79 Å². The SMILES string of the molecule is CCOc1cc(C(=O)O)cc(C(C)(C)C)c1. The van der Waals surface area contributed by atoms with Gasteiger partial charge in [-0.25, -0.2) is 4.79 Å². The summed E-state index contributed by atoms with van der Waals surface area (Å²) in [5.41, 5.74) is 1.16. The number of carboxylic acid groups (broad SMARTS) is 1. The highest BCUT2D eigenvalue weighted by atomic mass is 16.5. The number of hydrogen-bond acceptors (Lipinski definition) is 2. The minimum absolute atomic E-state index is 0.0860. The average Bonchev–Trinajstić information content (AvgIpc) is 2.16. The second kappa shape index (κ2) is 4.56. The van der Waals surface area contributed by atoms with Gasteiger partial charge in [0.2, 0.25) is 0 Å². The van der Waals surface area contributed by atoms with E-state index < -0.39 is 5.97 Å². The maximum atomic E-state index is 11.0. The Labute approximate surface area is 96.1 Å². The van der Waals surface area contributed by atoms with Crippen molar-refractivity contribution in [3.05, 3.63) is 29.3 Å². The second-order valence-electron chi connectivity index (χ2n) is 4.73. The van der Waals surface area contributed by atoms with Gasteiger partial charge in [-0.2, -0.15) is 0 Å². The lowest BCUT2D eigenvalue weighted by Crippen LogP contribution is -2.13. The Morgan fingerprint density at radius 1 is 1.31 bits per heavy atom. The standard InChI is InChI=1S/C13H18O3/c1-5-16-11-7-9(12(14)15)6-10(8-11)13(2,3)4/h6-8H,5H2,1-4H3,(H,14,15). The zero-order valence-electron chi connectivity index (χ0n) is 10.2. The van der Waals surface area contributed by atoms with Crippen molar-refractivity contribution in [1.82, 2.24) is 0 Å². The molecule has 0 heterocycles. The summed E-state index contributed by atoms with van der Waals surface area (Å²) >= 11 is 0. The Kier molecular flexibility index (Phi) is 3.58. The van der Waals surface area contributed by atoms with Crippen LogP contribution in [0.15, 0.2) is 18.2 Å². The fraction of sp³-hybridized carbons (Fsp3) is 0.462. The molecule has 0 saturated carbocycles. The van der Waals surface area contributed by atoms with Crippen molar-refractivity contribution >= 4 is 5.97 Å². The van der Waals surface area contributed by atoms with Gasteiger partial charge < -0.3 is 9.84 Å². The predicted octanol–water partition coefficient (Wildman–Crippen LogP) is 3.08. The molecule has 1 N–H and O–H groups in total. The zero-order valence-corrected chi connectivity index (χ0v) is 10.2. The van der Waals surface area contributed by atoms with Gasteiger partial charge in [-0.05, 0) is 36.1 Å². The van der Waals surface area contributed by atoms with Crippen LogP contribution in [0.3, 0.4) is 0 Å². The Bertz CT molecular complexity index is 389. The van der Waals surface area contributed by atoms with Crippen LogP contribution < -0.4 is 4.74 Å². The van der Waals surface area contributed by atoms with Crippen LogP contribution in [0.1, 0.15) is 43.6 Å². The van der Waals surface area contributed by atoms with Crippen LogP contribution in [0, 0.1) is 0 Å². The maximum Gasteiger partial charge on any atom is 0.335 e. The lowest BCUT2D eigenvalue weighted by atomic mass is 9.86. The maximum absolute atomic E-state index is 11.0. The topological polar surface area (TPSA) is 46.5 Å². The number of aromatic carboxylic acids is 1. The lowest BCUT2D eigenvalue weighted by Gasteiger charge is -2.20. The van der Waals surface area contributed by atoms with E-state index in [0.717, 1.165) is 5.56 Å². The van der Waals surface area contributed by atoms with E-state index in [2.05, 4.69) is 0 Å². The van der Waals surface area contributed by atoms with E-state index in [1.165, 1.54) is 0 Å². The van der Waals surface area contributed by atoms with Crippen LogP contribution in [-0.2, 0) is 5.41 Å². The third-order valence-corrected chi connectivity index (χ3v) is 2.33. The molecule has 0 aromatic heterocycles. The van der Waals surface area contributed by atoms with Gasteiger partial charge in [0.25, 0.3) is 0 Å². The molecular weight excluding hydrogens is 204 g/mol. The summed E-state index contributed by atoms with van der Waals surface area (Å²) in [7, 11) is 0. The van der Waals surface area contributed by atoms with Gasteiger partial charge in [0.1, 0.15) is 5.75 Å². The molecule has 0 amide bonds. The van der Waals surface area contributed by atoms with E-state index in [4.69, 9.17) is 9.84 Å². The fourth-order valence-corrected chi connectivity index (χ4v) is 1.41. The molecule has 1 aromatic carbocycles. The van der Waals surface area contributed by atoms with Gasteiger partial charge in [-0.1, -0.05) is 20.8 Å². The number of carboxylic acids is 1. The molecule has 0 fully saturated rings. The summed E-state index contributed by atoms with van der Waals surface area (Å²) in [5, 5.41) is 9.01.